The molecule has 0 bridgehead atoms. The van der Waals surface area contributed by atoms with Crippen LogP contribution in [0.4, 0.5) is 0 Å². The largest absolute Gasteiger partial charge is 0.463 e. The van der Waals surface area contributed by atoms with Gasteiger partial charge in [0.1, 0.15) is 11.5 Å². The number of halogens is 1. The van der Waals surface area contributed by atoms with E-state index in [4.69, 9.17) is 16.0 Å². The fourth-order valence-electron chi connectivity index (χ4n) is 2.88. The molecule has 0 spiro atoms. The molecule has 0 aliphatic heterocycles. The minimum atomic E-state index is -0.332. The number of benzene rings is 2. The van der Waals surface area contributed by atoms with Crippen molar-refractivity contribution in [1.82, 2.24) is 15.0 Å². The van der Waals surface area contributed by atoms with Gasteiger partial charge in [-0.05, 0) is 55.5 Å². The zero-order valence-corrected chi connectivity index (χ0v) is 18.0. The van der Waals surface area contributed by atoms with Gasteiger partial charge in [0.05, 0.1) is 28.6 Å². The summed E-state index contributed by atoms with van der Waals surface area (Å²) in [4.78, 5) is 30.1. The Morgan fingerprint density at radius 3 is 2.68 bits per heavy atom. The minimum Gasteiger partial charge on any atom is -0.463 e. The molecule has 2 heterocycles. The van der Waals surface area contributed by atoms with Gasteiger partial charge in [-0.2, -0.15) is 5.10 Å². The summed E-state index contributed by atoms with van der Waals surface area (Å²) in [5.41, 5.74) is 4.00. The van der Waals surface area contributed by atoms with E-state index in [0.717, 1.165) is 11.8 Å². The van der Waals surface area contributed by atoms with E-state index >= 15 is 0 Å². The number of thioether (sulfide) groups is 1. The van der Waals surface area contributed by atoms with E-state index in [9.17, 15) is 9.59 Å². The molecular weight excluding hydrogens is 436 g/mol. The molecule has 0 aliphatic carbocycles. The van der Waals surface area contributed by atoms with Gasteiger partial charge in [-0.1, -0.05) is 35.5 Å². The number of nitrogens with one attached hydrogen (secondary N) is 1. The summed E-state index contributed by atoms with van der Waals surface area (Å²) in [6.45, 7) is 1.73. The van der Waals surface area contributed by atoms with Crippen LogP contribution in [0, 0.1) is 0 Å². The maximum atomic E-state index is 13.2. The summed E-state index contributed by atoms with van der Waals surface area (Å²) in [5.74, 6) is 0.259. The van der Waals surface area contributed by atoms with Crippen LogP contribution >= 0.6 is 23.4 Å². The van der Waals surface area contributed by atoms with E-state index in [1.54, 1.807) is 61.5 Å². The normalized spacial score (nSPS) is 11.6. The lowest BCUT2D eigenvalue weighted by Crippen LogP contribution is -2.24. The number of aromatic nitrogens is 2. The molecule has 0 fully saturated rings. The van der Waals surface area contributed by atoms with Crippen molar-refractivity contribution in [3.8, 4) is 5.69 Å². The minimum absolute atomic E-state index is 0.0211. The summed E-state index contributed by atoms with van der Waals surface area (Å²) >= 11 is 7.14. The second kappa shape index (κ2) is 9.20. The average Bonchev–Trinajstić information content (AvgIpc) is 3.32. The van der Waals surface area contributed by atoms with Crippen molar-refractivity contribution in [2.75, 3.05) is 5.75 Å². The zero-order valence-electron chi connectivity index (χ0n) is 16.4. The van der Waals surface area contributed by atoms with Gasteiger partial charge < -0.3 is 4.42 Å². The molecule has 1 N–H and O–H groups in total. The highest BCUT2D eigenvalue weighted by Gasteiger charge is 2.15. The number of hydrazone groups is 1. The van der Waals surface area contributed by atoms with Crippen LogP contribution in [0.25, 0.3) is 16.6 Å². The first-order chi connectivity index (χ1) is 15.0. The Morgan fingerprint density at radius 1 is 1.16 bits per heavy atom. The Kier molecular flexibility index (Phi) is 6.20. The van der Waals surface area contributed by atoms with Gasteiger partial charge in [0.25, 0.3) is 11.5 Å². The number of rotatable bonds is 6. The number of carbonyl (C=O) groups excluding carboxylic acids is 1. The Hall–Kier alpha value is -3.36. The lowest BCUT2D eigenvalue weighted by molar-refractivity contribution is -0.118. The summed E-state index contributed by atoms with van der Waals surface area (Å²) < 4.78 is 6.72. The monoisotopic (exact) mass is 452 g/mol. The second-order valence-corrected chi connectivity index (χ2v) is 7.91. The van der Waals surface area contributed by atoms with Crippen molar-refractivity contribution in [2.24, 2.45) is 5.10 Å². The van der Waals surface area contributed by atoms with Crippen molar-refractivity contribution in [3.63, 3.8) is 0 Å². The quantitative estimate of drug-likeness (QED) is 0.204. The fourth-order valence-corrected chi connectivity index (χ4v) is 3.81. The molecule has 2 aromatic heterocycles. The van der Waals surface area contributed by atoms with Gasteiger partial charge in [-0.25, -0.2) is 10.4 Å². The van der Waals surface area contributed by atoms with E-state index in [-0.39, 0.29) is 17.2 Å². The average molecular weight is 453 g/mol. The van der Waals surface area contributed by atoms with Crippen LogP contribution < -0.4 is 11.0 Å². The topological polar surface area (TPSA) is 89.5 Å². The molecular formula is C22H17ClN4O3S. The second-order valence-electron chi connectivity index (χ2n) is 6.53. The molecule has 0 radical (unpaired) electrons. The maximum absolute atomic E-state index is 13.2. The Balaban J connectivity index is 1.61. The van der Waals surface area contributed by atoms with Crippen LogP contribution in [0.1, 0.15) is 12.7 Å². The first kappa shape index (κ1) is 20.9. The van der Waals surface area contributed by atoms with Crippen molar-refractivity contribution in [2.45, 2.75) is 12.1 Å². The maximum Gasteiger partial charge on any atom is 0.266 e. The Bertz CT molecular complexity index is 1320. The predicted molar refractivity (Wildman–Crippen MR) is 122 cm³/mol. The molecule has 1 amide bonds. The zero-order chi connectivity index (χ0) is 21.8. The molecule has 31 heavy (non-hydrogen) atoms. The third-order valence-corrected chi connectivity index (χ3v) is 5.58. The third kappa shape index (κ3) is 4.70. The number of hydrogen-bond donors (Lipinski definition) is 1. The summed E-state index contributed by atoms with van der Waals surface area (Å²) in [5, 5.41) is 5.49. The van der Waals surface area contributed by atoms with Gasteiger partial charge in [-0.15, -0.1) is 0 Å². The van der Waals surface area contributed by atoms with Gasteiger partial charge >= 0.3 is 0 Å². The van der Waals surface area contributed by atoms with Gasteiger partial charge in [-0.3, -0.25) is 14.2 Å². The highest BCUT2D eigenvalue weighted by atomic mass is 35.5. The van der Waals surface area contributed by atoms with Crippen molar-refractivity contribution < 1.29 is 9.21 Å². The number of hydrogen-bond acceptors (Lipinski definition) is 6. The highest BCUT2D eigenvalue weighted by Crippen LogP contribution is 2.22. The molecule has 9 heteroatoms. The Labute approximate surface area is 186 Å². The summed E-state index contributed by atoms with van der Waals surface area (Å²) in [6.07, 6.45) is 1.54. The van der Waals surface area contributed by atoms with Crippen molar-refractivity contribution >= 4 is 45.9 Å². The summed E-state index contributed by atoms with van der Waals surface area (Å²) in [6, 6.07) is 17.5. The fraction of sp³-hybridized carbons (Fsp3) is 0.0909. The number of nitrogens with zero attached hydrogens (tertiary/aromatic N) is 3. The standard InChI is InChI=1S/C22H17ClN4O3S/c1-14(19-7-4-12-30-19)25-26-20(28)13-31-22-24-18-6-3-2-5-17(18)21(29)27(22)16-10-8-15(23)9-11-16/h2-12H,13H2,1H3,(H,26,28)/b25-14-. The smallest absolute Gasteiger partial charge is 0.266 e. The van der Waals surface area contributed by atoms with Crippen LogP contribution in [0.3, 0.4) is 0 Å². The first-order valence-corrected chi connectivity index (χ1v) is 10.7. The lowest BCUT2D eigenvalue weighted by atomic mass is 10.2. The predicted octanol–water partition coefficient (Wildman–Crippen LogP) is 4.26. The van der Waals surface area contributed by atoms with Crippen molar-refractivity contribution in [3.05, 3.63) is 88.1 Å². The number of carbonyl (C=O) groups is 1. The molecule has 0 aliphatic rings. The van der Waals surface area contributed by atoms with Gasteiger partial charge in [0.2, 0.25) is 0 Å². The number of furan rings is 1. The first-order valence-electron chi connectivity index (χ1n) is 9.30. The van der Waals surface area contributed by atoms with E-state index in [1.165, 1.54) is 10.8 Å². The molecule has 0 atom stereocenters. The van der Waals surface area contributed by atoms with Crippen LogP contribution in [0.5, 0.6) is 0 Å². The van der Waals surface area contributed by atoms with E-state index < -0.39 is 0 Å². The molecule has 7 nitrogen and oxygen atoms in total. The van der Waals surface area contributed by atoms with E-state index in [0.29, 0.717) is 38.2 Å². The molecule has 4 rings (SSSR count). The van der Waals surface area contributed by atoms with Gasteiger partial charge in [0.15, 0.2) is 5.16 Å². The number of fused-ring (bicyclic) bond motifs is 1. The van der Waals surface area contributed by atoms with Crippen LogP contribution in [0.15, 0.2) is 86.4 Å². The molecule has 4 aromatic rings. The van der Waals surface area contributed by atoms with Crippen LogP contribution in [-0.2, 0) is 4.79 Å². The molecule has 156 valence electrons. The van der Waals surface area contributed by atoms with Crippen molar-refractivity contribution in [1.29, 1.82) is 0 Å². The van der Waals surface area contributed by atoms with Crippen LogP contribution in [-0.4, -0.2) is 26.9 Å². The highest BCUT2D eigenvalue weighted by molar-refractivity contribution is 7.99. The molecule has 2 aromatic carbocycles. The van der Waals surface area contributed by atoms with Crippen LogP contribution in [0.2, 0.25) is 5.02 Å². The lowest BCUT2D eigenvalue weighted by Gasteiger charge is -2.13. The SMILES string of the molecule is C/C(=N/NC(=O)CSc1nc2ccccc2c(=O)n1-c1ccc(Cl)cc1)c1ccco1. The molecule has 0 saturated heterocycles. The molecule has 0 unspecified atom stereocenters. The van der Waals surface area contributed by atoms with Gasteiger partial charge in [0, 0.05) is 5.02 Å². The summed E-state index contributed by atoms with van der Waals surface area (Å²) in [7, 11) is 0. The Morgan fingerprint density at radius 2 is 1.94 bits per heavy atom. The van der Waals surface area contributed by atoms with E-state index in [2.05, 4.69) is 15.5 Å². The molecule has 0 saturated carbocycles. The third-order valence-electron chi connectivity index (χ3n) is 4.39. The van der Waals surface area contributed by atoms with E-state index in [1.807, 2.05) is 6.07 Å². The number of para-hydroxylation sites is 1. The number of amides is 1.